The molecule has 0 bridgehead atoms. The van der Waals surface area contributed by atoms with Gasteiger partial charge < -0.3 is 5.11 Å². The standard InChI is InChI=1S/C11H18ClN3O/c1-9(2)15(6-3-7-16)8-10-4-5-11(12)14-13-10/h4-5,9,16H,3,6-8H2,1-2H3. The molecule has 0 radical (unpaired) electrons. The van der Waals surface area contributed by atoms with Crippen molar-refractivity contribution in [3.63, 3.8) is 0 Å². The summed E-state index contributed by atoms with van der Waals surface area (Å²) in [6.45, 7) is 6.07. The highest BCUT2D eigenvalue weighted by atomic mass is 35.5. The first-order chi connectivity index (χ1) is 7.63. The van der Waals surface area contributed by atoms with Gasteiger partial charge in [-0.15, -0.1) is 5.10 Å². The Labute approximate surface area is 101 Å². The molecule has 0 amide bonds. The predicted octanol–water partition coefficient (Wildman–Crippen LogP) is 1.72. The minimum Gasteiger partial charge on any atom is -0.396 e. The van der Waals surface area contributed by atoms with Crippen LogP contribution in [0.15, 0.2) is 12.1 Å². The molecule has 0 aromatic carbocycles. The van der Waals surface area contributed by atoms with Crippen LogP contribution in [0.1, 0.15) is 26.0 Å². The molecular weight excluding hydrogens is 226 g/mol. The van der Waals surface area contributed by atoms with Crippen LogP contribution in [0, 0.1) is 0 Å². The van der Waals surface area contributed by atoms with Gasteiger partial charge in [0.1, 0.15) is 0 Å². The molecule has 4 nitrogen and oxygen atoms in total. The van der Waals surface area contributed by atoms with E-state index in [1.54, 1.807) is 6.07 Å². The van der Waals surface area contributed by atoms with E-state index in [1.807, 2.05) is 6.07 Å². The number of hydrogen-bond donors (Lipinski definition) is 1. The highest BCUT2D eigenvalue weighted by Crippen LogP contribution is 2.08. The van der Waals surface area contributed by atoms with Crippen molar-refractivity contribution < 1.29 is 5.11 Å². The van der Waals surface area contributed by atoms with Crippen molar-refractivity contribution in [1.29, 1.82) is 0 Å². The maximum Gasteiger partial charge on any atom is 0.151 e. The van der Waals surface area contributed by atoms with Crippen LogP contribution in [0.25, 0.3) is 0 Å². The second kappa shape index (κ2) is 6.78. The molecule has 90 valence electrons. The highest BCUT2D eigenvalue weighted by molar-refractivity contribution is 6.29. The largest absolute Gasteiger partial charge is 0.396 e. The van der Waals surface area contributed by atoms with Gasteiger partial charge in [-0.25, -0.2) is 0 Å². The Morgan fingerprint density at radius 1 is 1.38 bits per heavy atom. The summed E-state index contributed by atoms with van der Waals surface area (Å²) in [5.74, 6) is 0. The van der Waals surface area contributed by atoms with Crippen molar-refractivity contribution in [1.82, 2.24) is 15.1 Å². The summed E-state index contributed by atoms with van der Waals surface area (Å²) in [7, 11) is 0. The summed E-state index contributed by atoms with van der Waals surface area (Å²) < 4.78 is 0. The van der Waals surface area contributed by atoms with Crippen LogP contribution in [0.2, 0.25) is 5.15 Å². The molecule has 1 aromatic heterocycles. The summed E-state index contributed by atoms with van der Waals surface area (Å²) >= 11 is 5.67. The van der Waals surface area contributed by atoms with Crippen molar-refractivity contribution in [3.8, 4) is 0 Å². The Balaban J connectivity index is 2.57. The zero-order valence-electron chi connectivity index (χ0n) is 9.73. The fourth-order valence-electron chi connectivity index (χ4n) is 1.43. The van der Waals surface area contributed by atoms with E-state index >= 15 is 0 Å². The van der Waals surface area contributed by atoms with Gasteiger partial charge >= 0.3 is 0 Å². The Kier molecular flexibility index (Phi) is 5.66. The van der Waals surface area contributed by atoms with Crippen LogP contribution in [0.5, 0.6) is 0 Å². The minimum atomic E-state index is 0.218. The van der Waals surface area contributed by atoms with E-state index in [2.05, 4.69) is 28.9 Å². The van der Waals surface area contributed by atoms with Gasteiger partial charge in [0.2, 0.25) is 0 Å². The monoisotopic (exact) mass is 243 g/mol. The maximum absolute atomic E-state index is 8.83. The molecule has 0 atom stereocenters. The van der Waals surface area contributed by atoms with Gasteiger partial charge in [-0.2, -0.15) is 5.10 Å². The zero-order chi connectivity index (χ0) is 12.0. The first-order valence-electron chi connectivity index (χ1n) is 5.46. The van der Waals surface area contributed by atoms with Gasteiger partial charge in [0.15, 0.2) is 5.15 Å². The molecule has 0 fully saturated rings. The fourth-order valence-corrected chi connectivity index (χ4v) is 1.53. The van der Waals surface area contributed by atoms with Crippen molar-refractivity contribution in [3.05, 3.63) is 23.0 Å². The van der Waals surface area contributed by atoms with Crippen LogP contribution in [0.4, 0.5) is 0 Å². The van der Waals surface area contributed by atoms with E-state index in [4.69, 9.17) is 16.7 Å². The van der Waals surface area contributed by atoms with Crippen LogP contribution in [0.3, 0.4) is 0 Å². The number of hydrogen-bond acceptors (Lipinski definition) is 4. The highest BCUT2D eigenvalue weighted by Gasteiger charge is 2.10. The van der Waals surface area contributed by atoms with Crippen molar-refractivity contribution in [2.24, 2.45) is 0 Å². The average molecular weight is 244 g/mol. The quantitative estimate of drug-likeness (QED) is 0.827. The molecule has 5 heteroatoms. The third-order valence-electron chi connectivity index (χ3n) is 2.39. The van der Waals surface area contributed by atoms with Crippen molar-refractivity contribution in [2.45, 2.75) is 32.9 Å². The first-order valence-corrected chi connectivity index (χ1v) is 5.84. The van der Waals surface area contributed by atoms with Crippen molar-refractivity contribution >= 4 is 11.6 Å². The SMILES string of the molecule is CC(C)N(CCCO)Cc1ccc(Cl)nn1. The summed E-state index contributed by atoms with van der Waals surface area (Å²) in [6.07, 6.45) is 0.777. The lowest BCUT2D eigenvalue weighted by Gasteiger charge is -2.25. The van der Waals surface area contributed by atoms with Gasteiger partial charge in [0.25, 0.3) is 0 Å². The maximum atomic E-state index is 8.83. The molecule has 1 heterocycles. The van der Waals surface area contributed by atoms with E-state index in [-0.39, 0.29) is 6.61 Å². The molecule has 1 N–H and O–H groups in total. The predicted molar refractivity (Wildman–Crippen MR) is 64.3 cm³/mol. The molecule has 0 aliphatic heterocycles. The fraction of sp³-hybridized carbons (Fsp3) is 0.636. The molecular formula is C11H18ClN3O. The lowest BCUT2D eigenvalue weighted by Crippen LogP contribution is -2.32. The summed E-state index contributed by atoms with van der Waals surface area (Å²) in [6, 6.07) is 4.04. The van der Waals surface area contributed by atoms with Crippen LogP contribution in [-0.2, 0) is 6.54 Å². The number of aromatic nitrogens is 2. The van der Waals surface area contributed by atoms with Gasteiger partial charge in [-0.05, 0) is 32.4 Å². The molecule has 0 spiro atoms. The van der Waals surface area contributed by atoms with Gasteiger partial charge in [-0.1, -0.05) is 11.6 Å². The molecule has 0 aliphatic carbocycles. The third kappa shape index (κ3) is 4.43. The smallest absolute Gasteiger partial charge is 0.151 e. The second-order valence-corrected chi connectivity index (χ2v) is 4.38. The average Bonchev–Trinajstić information content (AvgIpc) is 2.26. The molecule has 1 aromatic rings. The third-order valence-corrected chi connectivity index (χ3v) is 2.59. The van der Waals surface area contributed by atoms with E-state index in [0.717, 1.165) is 25.2 Å². The number of halogens is 1. The van der Waals surface area contributed by atoms with Crippen LogP contribution < -0.4 is 0 Å². The molecule has 0 unspecified atom stereocenters. The lowest BCUT2D eigenvalue weighted by molar-refractivity contribution is 0.182. The number of nitrogens with zero attached hydrogens (tertiary/aromatic N) is 3. The van der Waals surface area contributed by atoms with Crippen LogP contribution in [-0.4, -0.2) is 39.4 Å². The molecule has 16 heavy (non-hydrogen) atoms. The minimum absolute atomic E-state index is 0.218. The number of aliphatic hydroxyl groups excluding tert-OH is 1. The normalized spacial score (nSPS) is 11.4. The Bertz CT molecular complexity index is 303. The Morgan fingerprint density at radius 3 is 2.62 bits per heavy atom. The van der Waals surface area contributed by atoms with Crippen LogP contribution >= 0.6 is 11.6 Å². The van der Waals surface area contributed by atoms with Gasteiger partial charge in [0.05, 0.1) is 5.69 Å². The summed E-state index contributed by atoms with van der Waals surface area (Å²) in [4.78, 5) is 2.24. The van der Waals surface area contributed by atoms with Gasteiger partial charge in [-0.3, -0.25) is 4.90 Å². The van der Waals surface area contributed by atoms with E-state index in [9.17, 15) is 0 Å². The Hall–Kier alpha value is -0.710. The Morgan fingerprint density at radius 2 is 2.12 bits per heavy atom. The molecule has 1 rings (SSSR count). The van der Waals surface area contributed by atoms with Gasteiger partial charge in [0, 0.05) is 25.7 Å². The second-order valence-electron chi connectivity index (χ2n) is 3.99. The van der Waals surface area contributed by atoms with E-state index in [1.165, 1.54) is 0 Å². The topological polar surface area (TPSA) is 49.2 Å². The molecule has 0 saturated carbocycles. The van der Waals surface area contributed by atoms with E-state index < -0.39 is 0 Å². The van der Waals surface area contributed by atoms with Crippen molar-refractivity contribution in [2.75, 3.05) is 13.2 Å². The molecule has 0 saturated heterocycles. The number of aliphatic hydroxyl groups is 1. The first kappa shape index (κ1) is 13.4. The van der Waals surface area contributed by atoms with E-state index in [0.29, 0.717) is 11.2 Å². The zero-order valence-corrected chi connectivity index (χ0v) is 10.5. The summed E-state index contributed by atoms with van der Waals surface area (Å²) in [5.41, 5.74) is 0.899. The summed E-state index contributed by atoms with van der Waals surface area (Å²) in [5, 5.41) is 17.1. The number of rotatable bonds is 6. The lowest BCUT2D eigenvalue weighted by atomic mass is 10.2. The molecule has 0 aliphatic rings.